The molecule has 0 aliphatic heterocycles. The summed E-state index contributed by atoms with van der Waals surface area (Å²) >= 11 is 1.42. The molecular weight excluding hydrogens is 212 g/mol. The van der Waals surface area contributed by atoms with Gasteiger partial charge in [0.25, 0.3) is 0 Å². The van der Waals surface area contributed by atoms with Crippen molar-refractivity contribution < 1.29 is 0 Å². The number of rotatable bonds is 2. The van der Waals surface area contributed by atoms with Gasteiger partial charge in [0.1, 0.15) is 6.07 Å². The maximum Gasteiger partial charge on any atom is 0.209 e. The molecule has 0 aliphatic carbocycles. The van der Waals surface area contributed by atoms with Gasteiger partial charge in [-0.3, -0.25) is 0 Å². The number of anilines is 1. The number of nitrogens with zero attached hydrogens (tertiary/aromatic N) is 5. The molecule has 0 aromatic carbocycles. The third kappa shape index (κ3) is 1.49. The molecule has 2 aromatic heterocycles. The lowest BCUT2D eigenvalue weighted by Crippen LogP contribution is -2.04. The van der Waals surface area contributed by atoms with Gasteiger partial charge < -0.3 is 5.32 Å². The predicted molar refractivity (Wildman–Crippen MR) is 56.8 cm³/mol. The Hall–Kier alpha value is -1.81. The summed E-state index contributed by atoms with van der Waals surface area (Å²) in [6, 6.07) is 2.03. The van der Waals surface area contributed by atoms with Crippen molar-refractivity contribution in [3.8, 4) is 6.07 Å². The van der Waals surface area contributed by atoms with E-state index in [4.69, 9.17) is 5.26 Å². The highest BCUT2D eigenvalue weighted by Gasteiger charge is 2.10. The summed E-state index contributed by atoms with van der Waals surface area (Å²) in [7, 11) is 1.76. The van der Waals surface area contributed by atoms with Gasteiger partial charge in [-0.15, -0.1) is 5.10 Å². The van der Waals surface area contributed by atoms with Gasteiger partial charge in [0.15, 0.2) is 17.2 Å². The topological polar surface area (TPSA) is 78.9 Å². The Morgan fingerprint density at radius 1 is 1.60 bits per heavy atom. The standard InChI is InChI=1S/C8H8N6S/c1-10-6-7-11-4-5(3-9)14(7)13-8(12-6)15-2/h4H,1-2H3,(H,10,12,13). The molecule has 1 N–H and O–H groups in total. The summed E-state index contributed by atoms with van der Waals surface area (Å²) < 4.78 is 1.49. The SMILES string of the molecule is CNc1nc(SC)nn2c(C#N)cnc12. The van der Waals surface area contributed by atoms with Crippen molar-refractivity contribution in [3.63, 3.8) is 0 Å². The molecule has 2 aromatic rings. The van der Waals surface area contributed by atoms with Crippen LogP contribution in [0.15, 0.2) is 11.4 Å². The van der Waals surface area contributed by atoms with E-state index in [1.54, 1.807) is 7.05 Å². The van der Waals surface area contributed by atoms with E-state index in [0.717, 1.165) is 0 Å². The molecule has 76 valence electrons. The molecule has 0 atom stereocenters. The summed E-state index contributed by atoms with van der Waals surface area (Å²) in [5.74, 6) is 0.621. The lowest BCUT2D eigenvalue weighted by atomic mass is 10.5. The number of nitrogens with one attached hydrogen (secondary N) is 1. The first kappa shape index (κ1) is 9.73. The van der Waals surface area contributed by atoms with E-state index in [9.17, 15) is 0 Å². The van der Waals surface area contributed by atoms with Gasteiger partial charge >= 0.3 is 0 Å². The highest BCUT2D eigenvalue weighted by atomic mass is 32.2. The van der Waals surface area contributed by atoms with E-state index in [1.165, 1.54) is 22.5 Å². The molecule has 0 aliphatic rings. The van der Waals surface area contributed by atoms with E-state index in [-0.39, 0.29) is 0 Å². The fourth-order valence-corrected chi connectivity index (χ4v) is 1.54. The Balaban J connectivity index is 2.79. The second-order valence-corrected chi connectivity index (χ2v) is 3.46. The molecule has 0 fully saturated rings. The summed E-state index contributed by atoms with van der Waals surface area (Å²) in [5.41, 5.74) is 0.964. The first-order valence-corrected chi connectivity index (χ1v) is 5.40. The number of aromatic nitrogens is 4. The highest BCUT2D eigenvalue weighted by molar-refractivity contribution is 7.98. The average molecular weight is 220 g/mol. The third-order valence-corrected chi connectivity index (χ3v) is 2.41. The first-order valence-electron chi connectivity index (χ1n) is 4.17. The largest absolute Gasteiger partial charge is 0.370 e. The Morgan fingerprint density at radius 2 is 2.40 bits per heavy atom. The van der Waals surface area contributed by atoms with Gasteiger partial charge in [0, 0.05) is 7.05 Å². The molecule has 0 amide bonds. The number of nitriles is 1. The third-order valence-electron chi connectivity index (χ3n) is 1.88. The van der Waals surface area contributed by atoms with Crippen molar-refractivity contribution in [1.82, 2.24) is 19.6 Å². The van der Waals surface area contributed by atoms with Crippen molar-refractivity contribution in [1.29, 1.82) is 5.26 Å². The van der Waals surface area contributed by atoms with E-state index in [0.29, 0.717) is 22.3 Å². The van der Waals surface area contributed by atoms with E-state index in [2.05, 4.69) is 20.4 Å². The van der Waals surface area contributed by atoms with Gasteiger partial charge in [-0.1, -0.05) is 11.8 Å². The molecule has 2 heterocycles. The molecule has 6 nitrogen and oxygen atoms in total. The van der Waals surface area contributed by atoms with E-state index < -0.39 is 0 Å². The normalized spacial score (nSPS) is 10.2. The van der Waals surface area contributed by atoms with Crippen LogP contribution >= 0.6 is 11.8 Å². The van der Waals surface area contributed by atoms with Crippen molar-refractivity contribution >= 4 is 23.2 Å². The van der Waals surface area contributed by atoms with Crippen LogP contribution < -0.4 is 5.32 Å². The molecule has 7 heteroatoms. The minimum atomic E-state index is 0.402. The molecule has 0 radical (unpaired) electrons. The lowest BCUT2D eigenvalue weighted by Gasteiger charge is -2.03. The monoisotopic (exact) mass is 220 g/mol. The summed E-state index contributed by atoms with van der Waals surface area (Å²) in [5, 5.41) is 16.6. The van der Waals surface area contributed by atoms with Gasteiger partial charge in [-0.25, -0.2) is 4.98 Å². The average Bonchev–Trinajstić information content (AvgIpc) is 2.70. The van der Waals surface area contributed by atoms with E-state index >= 15 is 0 Å². The number of thioether (sulfide) groups is 1. The Bertz CT molecular complexity index is 540. The molecule has 2 rings (SSSR count). The Kier molecular flexibility index (Phi) is 2.43. The van der Waals surface area contributed by atoms with Crippen molar-refractivity contribution in [2.45, 2.75) is 5.16 Å². The summed E-state index contributed by atoms with van der Waals surface area (Å²) in [6.45, 7) is 0. The molecule has 0 saturated heterocycles. The fourth-order valence-electron chi connectivity index (χ4n) is 1.19. The quantitative estimate of drug-likeness (QED) is 0.753. The van der Waals surface area contributed by atoms with Crippen LogP contribution in [0.2, 0.25) is 0 Å². The van der Waals surface area contributed by atoms with Crippen LogP contribution in [0, 0.1) is 11.3 Å². The second-order valence-electron chi connectivity index (χ2n) is 2.69. The zero-order valence-corrected chi connectivity index (χ0v) is 9.04. The fraction of sp³-hybridized carbons (Fsp3) is 0.250. The Morgan fingerprint density at radius 3 is 3.00 bits per heavy atom. The second kappa shape index (κ2) is 3.74. The van der Waals surface area contributed by atoms with Gasteiger partial charge in [-0.2, -0.15) is 14.8 Å². The molecule has 15 heavy (non-hydrogen) atoms. The van der Waals surface area contributed by atoms with Crippen LogP contribution in [0.4, 0.5) is 5.82 Å². The first-order chi connectivity index (χ1) is 7.30. The smallest absolute Gasteiger partial charge is 0.209 e. The van der Waals surface area contributed by atoms with Crippen LogP contribution in [0.25, 0.3) is 5.65 Å². The predicted octanol–water partition coefficient (Wildman–Crippen LogP) is 0.760. The van der Waals surface area contributed by atoms with Gasteiger partial charge in [0.05, 0.1) is 6.20 Å². The number of hydrogen-bond acceptors (Lipinski definition) is 6. The van der Waals surface area contributed by atoms with Crippen molar-refractivity contribution in [2.24, 2.45) is 0 Å². The van der Waals surface area contributed by atoms with Gasteiger partial charge in [0.2, 0.25) is 5.16 Å². The van der Waals surface area contributed by atoms with Crippen LogP contribution in [-0.2, 0) is 0 Å². The number of fused-ring (bicyclic) bond motifs is 1. The minimum Gasteiger partial charge on any atom is -0.370 e. The van der Waals surface area contributed by atoms with Crippen LogP contribution in [0.5, 0.6) is 0 Å². The highest BCUT2D eigenvalue weighted by Crippen LogP contribution is 2.17. The molecule has 0 unspecified atom stereocenters. The van der Waals surface area contributed by atoms with E-state index in [1.807, 2.05) is 12.3 Å². The molecular formula is C8H8N6S. The number of hydrogen-bond donors (Lipinski definition) is 1. The minimum absolute atomic E-state index is 0.402. The van der Waals surface area contributed by atoms with Crippen LogP contribution in [0.1, 0.15) is 5.69 Å². The summed E-state index contributed by atoms with van der Waals surface area (Å²) in [4.78, 5) is 8.31. The van der Waals surface area contributed by atoms with Gasteiger partial charge in [-0.05, 0) is 6.26 Å². The van der Waals surface area contributed by atoms with Crippen LogP contribution in [0.3, 0.4) is 0 Å². The lowest BCUT2D eigenvalue weighted by molar-refractivity contribution is 0.791. The zero-order chi connectivity index (χ0) is 10.8. The van der Waals surface area contributed by atoms with Crippen molar-refractivity contribution in [3.05, 3.63) is 11.9 Å². The molecule has 0 saturated carbocycles. The molecule has 0 spiro atoms. The summed E-state index contributed by atoms with van der Waals surface area (Å²) in [6.07, 6.45) is 3.36. The zero-order valence-electron chi connectivity index (χ0n) is 8.22. The van der Waals surface area contributed by atoms with Crippen molar-refractivity contribution in [2.75, 3.05) is 18.6 Å². The number of imidazole rings is 1. The van der Waals surface area contributed by atoms with Crippen LogP contribution in [-0.4, -0.2) is 32.9 Å². The maximum atomic E-state index is 8.85. The maximum absolute atomic E-state index is 8.85. The Labute approximate surface area is 90.3 Å². The molecule has 0 bridgehead atoms.